The lowest BCUT2D eigenvalue weighted by Gasteiger charge is -2.52. The van der Waals surface area contributed by atoms with E-state index in [1.165, 1.54) is 30.4 Å². The zero-order valence-corrected chi connectivity index (χ0v) is 87.0. The van der Waals surface area contributed by atoms with Crippen LogP contribution >= 0.6 is 34.8 Å². The van der Waals surface area contributed by atoms with Crippen molar-refractivity contribution in [1.29, 1.82) is 0 Å². The van der Waals surface area contributed by atoms with E-state index >= 15 is 22.8 Å². The van der Waals surface area contributed by atoms with Gasteiger partial charge in [0.1, 0.15) is 34.5 Å². The molecule has 6 unspecified atom stereocenters. The standard InChI is InChI=1S/C40H46ClFN8O2.C36H37ClFN7O2.C35H35ClFN7O2/c1-9-30(51)48-20-26-19-47(16-10-15-46(7)8)39-38(49(26)18-25(48)6)27-17-28(42)32(31-23(4)11-12-29-35(31)45-21-44-29)33(41)37(27)50(40(39)52)36-24(5)13-14-43-34(36)22(2)3;1-8-26(46)43-16-22-15-42(7)35-34(44(22)14-21(43)6)23-13-24(38)28(27-19(4)9-10-25-31(27)41-17-40-25)29(37)33(23)45(36(35)47)32-20(5)11-12-39-30(32)18(2)3;1-7-25(45)42-15-21-13-39-31-34(43(21)14-20(42)6)22-12-23(37)27(26-18(4)8-9-24-30(26)41-16-40-24)28(36)33(22)44(35(31)46)32-19(5)10-11-38-29(32)17(2)3/h9,11-14,17,21-22,25-26H,1,10,15-16,18-20H2,2-8H3,(H,44,45);8-13,17-18,21-22H,1,14-16H2,2-7H3,(H,40,41);7-12,16-17,20-21,39H,1,13-15H2,2-6H3,(H,40,41). The summed E-state index contributed by atoms with van der Waals surface area (Å²) in [5.74, 6) is -2.01. The number of carbonyl (C=O) groups excluding carboxylic acids is 3. The normalized spacial score (nSPS) is 17.7. The van der Waals surface area contributed by atoms with E-state index in [-0.39, 0.29) is 120 Å². The van der Waals surface area contributed by atoms with E-state index in [0.717, 1.165) is 80.0 Å². The fraction of sp³-hybridized carbons (Fsp3) is 0.351. The molecule has 0 bridgehead atoms. The fourth-order valence-corrected chi connectivity index (χ4v) is 24.0. The third-order valence-electron chi connectivity index (χ3n) is 29.8. The van der Waals surface area contributed by atoms with E-state index in [1.807, 2.05) is 180 Å². The second-order valence-corrected chi connectivity index (χ2v) is 41.6. The van der Waals surface area contributed by atoms with Crippen LogP contribution in [0.1, 0.15) is 137 Å². The summed E-state index contributed by atoms with van der Waals surface area (Å²) >= 11 is 22.4. The molecule has 0 aliphatic carbocycles. The molecular weight excluding hydrogens is 1900 g/mol. The highest BCUT2D eigenvalue weighted by atomic mass is 35.5. The fourth-order valence-electron chi connectivity index (χ4n) is 22.9. The summed E-state index contributed by atoms with van der Waals surface area (Å²) in [6.07, 6.45) is 14.8. The van der Waals surface area contributed by atoms with E-state index in [1.54, 1.807) is 62.2 Å². The first kappa shape index (κ1) is 99.6. The van der Waals surface area contributed by atoms with Crippen LogP contribution in [0.3, 0.4) is 0 Å². The molecule has 3 fully saturated rings. The summed E-state index contributed by atoms with van der Waals surface area (Å²) < 4.78 is 55.7. The van der Waals surface area contributed by atoms with Crippen LogP contribution in [0.5, 0.6) is 0 Å². The number of pyridine rings is 6. The lowest BCUT2D eigenvalue weighted by atomic mass is 9.93. The van der Waals surface area contributed by atoms with Crippen LogP contribution in [0, 0.1) is 59.0 Å². The van der Waals surface area contributed by atoms with Crippen LogP contribution in [0.4, 0.5) is 47.3 Å². The summed E-state index contributed by atoms with van der Waals surface area (Å²) in [6, 6.07) is 20.7. The molecule has 3 saturated heterocycles. The van der Waals surface area contributed by atoms with Crippen molar-refractivity contribution in [3.63, 3.8) is 0 Å². The minimum absolute atomic E-state index is 0.0136. The number of fused-ring (bicyclic) bond motifs is 18. The quantitative estimate of drug-likeness (QED) is 0.0654. The molecule has 0 spiro atoms. The first-order valence-corrected chi connectivity index (χ1v) is 50.4. The number of piperazine rings is 3. The van der Waals surface area contributed by atoms with Gasteiger partial charge >= 0.3 is 0 Å². The number of likely N-dealkylation sites (N-methyl/N-ethyl adjacent to an activating group) is 1. The van der Waals surface area contributed by atoms with Gasteiger partial charge in [-0.25, -0.2) is 28.1 Å². The first-order chi connectivity index (χ1) is 69.3. The lowest BCUT2D eigenvalue weighted by Crippen LogP contribution is -2.64. The van der Waals surface area contributed by atoms with Gasteiger partial charge in [-0.3, -0.25) is 57.4 Å². The minimum atomic E-state index is -0.522. The molecule has 4 N–H and O–H groups in total. The van der Waals surface area contributed by atoms with Gasteiger partial charge in [-0.1, -0.05) is 114 Å². The van der Waals surface area contributed by atoms with Gasteiger partial charge in [0, 0.05) is 159 Å². The van der Waals surface area contributed by atoms with E-state index in [2.05, 4.69) is 93.3 Å². The van der Waals surface area contributed by atoms with Crippen LogP contribution in [-0.2, 0) is 14.4 Å². The van der Waals surface area contributed by atoms with E-state index in [0.29, 0.717) is 183 Å². The highest BCUT2D eigenvalue weighted by Crippen LogP contribution is 2.54. The summed E-state index contributed by atoms with van der Waals surface area (Å²) in [5, 5.41) is 5.27. The monoisotopic (exact) mass is 2020 g/mol. The Morgan fingerprint density at radius 1 is 0.428 bits per heavy atom. The Bertz CT molecular complexity index is 8120. The number of halogens is 6. The van der Waals surface area contributed by atoms with Crippen LogP contribution in [0.2, 0.25) is 15.1 Å². The maximum atomic E-state index is 17.2. The SMILES string of the molecule is C=CC(=O)N1CC2CN(C)c3c(c4cc(F)c(-c5c(C)ccc6[nH]cnc56)c(Cl)c4n(-c4c(C)ccnc4C(C)C)c3=O)N2CC1C.C=CC(=O)N1CC2CN(CCCN(C)C)c3c(c4cc(F)c(-c5c(C)ccc6[nH]cnc56)c(Cl)c4n(-c4c(C)ccnc4C(C)C)c3=O)N2CC1C.C=CC(=O)N1CC2CNc3c(c4cc(F)c(-c5c(C)ccc6[nH]cnc56)c(Cl)c4n(-c4c(C)ccnc4C(C)C)c3=O)N2CC1C. The second kappa shape index (κ2) is 38.8. The number of aromatic nitrogens is 12. The molecule has 0 radical (unpaired) electrons. The average Bonchev–Trinajstić information content (AvgIpc) is 1.34. The predicted molar refractivity (Wildman–Crippen MR) is 578 cm³/mol. The van der Waals surface area contributed by atoms with E-state index in [9.17, 15) is 19.2 Å². The first-order valence-electron chi connectivity index (χ1n) is 49.2. The Balaban J connectivity index is 0.000000138. The highest BCUT2D eigenvalue weighted by molar-refractivity contribution is 6.41. The van der Waals surface area contributed by atoms with Crippen molar-refractivity contribution in [2.24, 2.45) is 0 Å². The van der Waals surface area contributed by atoms with Crippen LogP contribution in [0.25, 0.3) is 116 Å². The number of nitrogens with zero attached hydrogens (tertiary/aromatic N) is 18. The molecule has 28 nitrogen and oxygen atoms in total. The third-order valence-corrected chi connectivity index (χ3v) is 30.9. The minimum Gasteiger partial charge on any atom is -0.377 e. The van der Waals surface area contributed by atoms with E-state index in [4.69, 9.17) is 49.8 Å². The highest BCUT2D eigenvalue weighted by Gasteiger charge is 2.47. The maximum absolute atomic E-state index is 17.2. The number of carbonyl (C=O) groups is 3. The number of benzene rings is 6. The average molecular weight is 2020 g/mol. The van der Waals surface area contributed by atoms with Crippen molar-refractivity contribution < 1.29 is 27.6 Å². The zero-order valence-electron chi connectivity index (χ0n) is 84.7. The van der Waals surface area contributed by atoms with Gasteiger partial charge in [0.05, 0.1) is 153 Å². The van der Waals surface area contributed by atoms with Gasteiger partial charge < -0.3 is 64.4 Å². The number of amides is 3. The van der Waals surface area contributed by atoms with Crippen molar-refractivity contribution in [2.75, 3.05) is 123 Å². The number of anilines is 6. The zero-order chi connectivity index (χ0) is 103. The molecule has 15 heterocycles. The third kappa shape index (κ3) is 16.6. The van der Waals surface area contributed by atoms with Crippen LogP contribution < -0.4 is 46.5 Å². The number of nitrogens with one attached hydrogen (secondary N) is 4. The van der Waals surface area contributed by atoms with Gasteiger partial charge in [0.2, 0.25) is 17.7 Å². The smallest absolute Gasteiger partial charge is 0.281 e. The molecule has 145 heavy (non-hydrogen) atoms. The molecule has 9 aromatic heterocycles. The van der Waals surface area contributed by atoms with Gasteiger partial charge in [-0.05, 0) is 213 Å². The molecule has 750 valence electrons. The largest absolute Gasteiger partial charge is 0.377 e. The number of rotatable bonds is 16. The molecule has 6 aliphatic rings. The lowest BCUT2D eigenvalue weighted by molar-refractivity contribution is -0.129. The summed E-state index contributed by atoms with van der Waals surface area (Å²) in [5.41, 5.74) is 18.9. The molecular formula is C111H118Cl3F3N22O6. The topological polar surface area (TPSA) is 283 Å². The molecule has 6 aromatic carbocycles. The molecule has 3 amide bonds. The molecule has 21 rings (SSSR count). The van der Waals surface area contributed by atoms with Crippen molar-refractivity contribution in [1.82, 2.24) is 78.2 Å². The number of hydrogen-bond acceptors (Lipinski definition) is 19. The molecule has 34 heteroatoms. The second-order valence-electron chi connectivity index (χ2n) is 40.5. The van der Waals surface area contributed by atoms with Crippen LogP contribution in [0.15, 0.2) is 163 Å². The summed E-state index contributed by atoms with van der Waals surface area (Å²) in [6.45, 7) is 46.4. The Morgan fingerprint density at radius 2 is 0.766 bits per heavy atom. The number of hydrogen-bond donors (Lipinski definition) is 4. The van der Waals surface area contributed by atoms with Gasteiger partial charge in [-0.2, -0.15) is 0 Å². The Kier molecular flexibility index (Phi) is 26.6. The Morgan fingerprint density at radius 3 is 1.13 bits per heavy atom. The predicted octanol–water partition coefficient (Wildman–Crippen LogP) is 19.8. The molecule has 15 aromatic rings. The molecule has 6 aliphatic heterocycles. The van der Waals surface area contributed by atoms with Crippen molar-refractivity contribution in [3.8, 4) is 50.4 Å². The van der Waals surface area contributed by atoms with Gasteiger partial charge in [0.25, 0.3) is 16.7 Å². The maximum Gasteiger partial charge on any atom is 0.281 e. The van der Waals surface area contributed by atoms with E-state index < -0.39 is 17.5 Å². The van der Waals surface area contributed by atoms with Crippen LogP contribution in [-0.4, -0.2) is 225 Å². The van der Waals surface area contributed by atoms with Crippen molar-refractivity contribution >= 4 is 152 Å². The number of imidazole rings is 3. The molecule has 0 saturated carbocycles. The summed E-state index contributed by atoms with van der Waals surface area (Å²) in [4.78, 5) is 139. The Hall–Kier alpha value is -14.1. The molecule has 6 atom stereocenters. The van der Waals surface area contributed by atoms with Gasteiger partial charge in [0.15, 0.2) is 0 Å². The number of H-pyrrole nitrogens is 3. The van der Waals surface area contributed by atoms with Crippen molar-refractivity contribution in [3.05, 3.63) is 262 Å². The van der Waals surface area contributed by atoms with Crippen molar-refractivity contribution in [2.45, 2.75) is 164 Å². The summed E-state index contributed by atoms with van der Waals surface area (Å²) in [7, 11) is 5.93. The Labute approximate surface area is 852 Å². The number of aromatic amines is 3. The number of aryl methyl sites for hydroxylation is 6. The van der Waals surface area contributed by atoms with Gasteiger partial charge in [-0.15, -0.1) is 0 Å².